The van der Waals surface area contributed by atoms with Crippen LogP contribution in [0.15, 0.2) is 54.6 Å². The number of likely N-dealkylation sites (tertiary alicyclic amines) is 1. The Balaban J connectivity index is 1.77. The van der Waals surface area contributed by atoms with Crippen LogP contribution in [0.2, 0.25) is 0 Å². The van der Waals surface area contributed by atoms with Crippen LogP contribution in [0, 0.1) is 5.92 Å². The van der Waals surface area contributed by atoms with Crippen molar-refractivity contribution in [3.63, 3.8) is 0 Å². The molecule has 30 heavy (non-hydrogen) atoms. The Hall–Kier alpha value is -2.06. The lowest BCUT2D eigenvalue weighted by atomic mass is 9.95. The van der Waals surface area contributed by atoms with E-state index in [1.54, 1.807) is 24.3 Å². The third-order valence-electron chi connectivity index (χ3n) is 5.76. The molecule has 162 valence electrons. The predicted octanol–water partition coefficient (Wildman–Crippen LogP) is 3.54. The molecule has 0 saturated carbocycles. The molecule has 1 aliphatic rings. The Morgan fingerprint density at radius 1 is 1.17 bits per heavy atom. The highest BCUT2D eigenvalue weighted by molar-refractivity contribution is 7.76. The second-order valence-electron chi connectivity index (χ2n) is 7.87. The molecule has 2 aromatic rings. The van der Waals surface area contributed by atoms with E-state index >= 15 is 0 Å². The van der Waals surface area contributed by atoms with Crippen molar-refractivity contribution >= 4 is 17.2 Å². The van der Waals surface area contributed by atoms with Crippen molar-refractivity contribution < 1.29 is 18.3 Å². The molecule has 0 radical (unpaired) electrons. The van der Waals surface area contributed by atoms with Crippen LogP contribution < -0.4 is 0 Å². The van der Waals surface area contributed by atoms with Crippen molar-refractivity contribution in [2.24, 2.45) is 5.92 Å². The molecule has 0 spiro atoms. The summed E-state index contributed by atoms with van der Waals surface area (Å²) in [6, 6.07) is 17.0. The second-order valence-corrected chi connectivity index (χ2v) is 8.82. The topological polar surface area (TPSA) is 72.9 Å². The number of hydrogen-bond donors (Lipinski definition) is 0. The molecule has 0 amide bonds. The average molecular weight is 430 g/mol. The lowest BCUT2D eigenvalue weighted by molar-refractivity contribution is 0.0600. The van der Waals surface area contributed by atoms with E-state index < -0.39 is 17.2 Å². The average Bonchev–Trinajstić information content (AvgIpc) is 2.77. The van der Waals surface area contributed by atoms with Crippen LogP contribution in [-0.2, 0) is 22.5 Å². The van der Waals surface area contributed by atoms with Gasteiger partial charge in [0.25, 0.3) is 0 Å². The Bertz CT molecular complexity index is 836. The zero-order valence-corrected chi connectivity index (χ0v) is 18.3. The standard InChI is InChI=1S/C23H30N2O4S/c1-18-12-14-24(15-13-18)22(20-6-4-3-5-7-20)17-25(30(27)28)16-19-8-10-21(11-9-19)23(26)29-2/h3-11,18,22H,12-17H2,1-2H3,(H,27,28)/p-1. The van der Waals surface area contributed by atoms with Gasteiger partial charge in [0, 0.05) is 30.4 Å². The minimum atomic E-state index is -2.36. The van der Waals surface area contributed by atoms with E-state index in [1.165, 1.54) is 11.4 Å². The maximum absolute atomic E-state index is 12.1. The lowest BCUT2D eigenvalue weighted by Gasteiger charge is -2.39. The fourth-order valence-corrected chi connectivity index (χ4v) is 4.40. The van der Waals surface area contributed by atoms with Crippen molar-refractivity contribution in [1.82, 2.24) is 9.21 Å². The normalized spacial score (nSPS) is 17.6. The van der Waals surface area contributed by atoms with E-state index in [9.17, 15) is 13.6 Å². The van der Waals surface area contributed by atoms with Crippen LogP contribution in [0.25, 0.3) is 0 Å². The number of esters is 1. The van der Waals surface area contributed by atoms with Gasteiger partial charge in [0.1, 0.15) is 0 Å². The summed E-state index contributed by atoms with van der Waals surface area (Å²) < 4.78 is 30.3. The van der Waals surface area contributed by atoms with Crippen LogP contribution in [0.4, 0.5) is 0 Å². The fraction of sp³-hybridized carbons (Fsp3) is 0.435. The molecule has 3 rings (SSSR count). The second kappa shape index (κ2) is 10.8. The maximum atomic E-state index is 12.1. The molecular formula is C23H29N2O4S-. The SMILES string of the molecule is COC(=O)c1ccc(CN(CC(c2ccccc2)N2CCC(C)CC2)S(=O)[O-])cc1. The highest BCUT2D eigenvalue weighted by Gasteiger charge is 2.27. The van der Waals surface area contributed by atoms with Gasteiger partial charge in [0.05, 0.1) is 12.7 Å². The smallest absolute Gasteiger partial charge is 0.337 e. The first kappa shape index (κ1) is 22.6. The van der Waals surface area contributed by atoms with Gasteiger partial charge in [-0.2, -0.15) is 0 Å². The molecule has 2 aromatic carbocycles. The van der Waals surface area contributed by atoms with E-state index in [4.69, 9.17) is 4.74 Å². The molecule has 6 nitrogen and oxygen atoms in total. The first-order valence-electron chi connectivity index (χ1n) is 10.3. The summed E-state index contributed by atoms with van der Waals surface area (Å²) >= 11 is -2.36. The van der Waals surface area contributed by atoms with Crippen molar-refractivity contribution in [2.75, 3.05) is 26.7 Å². The summed E-state index contributed by atoms with van der Waals surface area (Å²) in [6.45, 7) is 4.84. The first-order chi connectivity index (χ1) is 14.5. The van der Waals surface area contributed by atoms with E-state index in [2.05, 4.69) is 24.0 Å². The number of methoxy groups -OCH3 is 1. The molecule has 0 aliphatic carbocycles. The van der Waals surface area contributed by atoms with Crippen molar-refractivity contribution in [3.05, 3.63) is 71.3 Å². The molecule has 0 aromatic heterocycles. The van der Waals surface area contributed by atoms with Crippen molar-refractivity contribution in [1.29, 1.82) is 0 Å². The number of carbonyl (C=O) groups is 1. The van der Waals surface area contributed by atoms with Gasteiger partial charge >= 0.3 is 5.97 Å². The highest BCUT2D eigenvalue weighted by Crippen LogP contribution is 2.28. The van der Waals surface area contributed by atoms with Gasteiger partial charge in [-0.15, -0.1) is 0 Å². The monoisotopic (exact) mass is 429 g/mol. The minimum Gasteiger partial charge on any atom is -0.760 e. The number of nitrogens with zero attached hydrogens (tertiary/aromatic N) is 2. The van der Waals surface area contributed by atoms with Gasteiger partial charge in [0.15, 0.2) is 0 Å². The Kier molecular flexibility index (Phi) is 8.16. The number of ether oxygens (including phenoxy) is 1. The van der Waals surface area contributed by atoms with Crippen LogP contribution in [0.1, 0.15) is 47.3 Å². The van der Waals surface area contributed by atoms with Gasteiger partial charge < -0.3 is 9.29 Å². The van der Waals surface area contributed by atoms with E-state index in [1.807, 2.05) is 18.2 Å². The molecule has 1 heterocycles. The van der Waals surface area contributed by atoms with Crippen molar-refractivity contribution in [3.8, 4) is 0 Å². The predicted molar refractivity (Wildman–Crippen MR) is 116 cm³/mol. The molecule has 1 aliphatic heterocycles. The molecule has 1 saturated heterocycles. The Morgan fingerprint density at radius 2 is 1.80 bits per heavy atom. The number of carbonyl (C=O) groups excluding carboxylic acids is 1. The summed E-state index contributed by atoms with van der Waals surface area (Å²) in [5.74, 6) is 0.296. The third kappa shape index (κ3) is 5.98. The molecular weight excluding hydrogens is 400 g/mol. The lowest BCUT2D eigenvalue weighted by Crippen LogP contribution is -2.42. The van der Waals surface area contributed by atoms with Gasteiger partial charge in [-0.1, -0.05) is 49.4 Å². The third-order valence-corrected chi connectivity index (χ3v) is 6.46. The Morgan fingerprint density at radius 3 is 2.37 bits per heavy atom. The number of rotatable bonds is 8. The molecule has 1 fully saturated rings. The van der Waals surface area contributed by atoms with E-state index in [-0.39, 0.29) is 12.6 Å². The minimum absolute atomic E-state index is 0.00550. The van der Waals surface area contributed by atoms with Gasteiger partial charge in [-0.3, -0.25) is 9.11 Å². The summed E-state index contributed by atoms with van der Waals surface area (Å²) in [5, 5.41) is 0. The van der Waals surface area contributed by atoms with E-state index in [0.29, 0.717) is 18.0 Å². The zero-order valence-electron chi connectivity index (χ0n) is 17.5. The van der Waals surface area contributed by atoms with Gasteiger partial charge in [0.2, 0.25) is 0 Å². The summed E-state index contributed by atoms with van der Waals surface area (Å²) in [6.07, 6.45) is 2.25. The van der Waals surface area contributed by atoms with Crippen molar-refractivity contribution in [2.45, 2.75) is 32.4 Å². The number of piperidine rings is 1. The van der Waals surface area contributed by atoms with E-state index in [0.717, 1.165) is 37.1 Å². The molecule has 2 atom stereocenters. The molecule has 2 unspecified atom stereocenters. The summed E-state index contributed by atoms with van der Waals surface area (Å²) in [5.41, 5.74) is 2.40. The molecule has 0 N–H and O–H groups in total. The van der Waals surface area contributed by atoms with Crippen LogP contribution in [0.3, 0.4) is 0 Å². The maximum Gasteiger partial charge on any atom is 0.337 e. The van der Waals surface area contributed by atoms with Crippen LogP contribution in [-0.4, -0.2) is 50.7 Å². The van der Waals surface area contributed by atoms with Crippen LogP contribution in [0.5, 0.6) is 0 Å². The number of hydrogen-bond acceptors (Lipinski definition) is 5. The van der Waals surface area contributed by atoms with Crippen LogP contribution >= 0.6 is 0 Å². The highest BCUT2D eigenvalue weighted by atomic mass is 32.2. The summed E-state index contributed by atoms with van der Waals surface area (Å²) in [7, 11) is 1.34. The quantitative estimate of drug-likeness (QED) is 0.474. The Labute approximate surface area is 181 Å². The summed E-state index contributed by atoms with van der Waals surface area (Å²) in [4.78, 5) is 14.0. The largest absolute Gasteiger partial charge is 0.760 e. The first-order valence-corrected chi connectivity index (χ1v) is 11.3. The zero-order chi connectivity index (χ0) is 21.5. The van der Waals surface area contributed by atoms with Gasteiger partial charge in [-0.25, -0.2) is 9.10 Å². The fourth-order valence-electron chi connectivity index (χ4n) is 3.89. The number of benzene rings is 2. The molecule has 0 bridgehead atoms. The molecule has 7 heteroatoms. The van der Waals surface area contributed by atoms with Gasteiger partial charge in [-0.05, 0) is 55.1 Å².